The first kappa shape index (κ1) is 13.7. The molecule has 0 aliphatic rings. The molecule has 0 amide bonds. The summed E-state index contributed by atoms with van der Waals surface area (Å²) in [6.45, 7) is 1.87. The minimum Gasteiger partial charge on any atom is -0.273 e. The molecule has 3 rings (SSSR count). The van der Waals surface area contributed by atoms with Gasteiger partial charge < -0.3 is 0 Å². The van der Waals surface area contributed by atoms with E-state index in [0.29, 0.717) is 5.69 Å². The van der Waals surface area contributed by atoms with E-state index in [2.05, 4.69) is 15.1 Å². The molecule has 3 heterocycles. The van der Waals surface area contributed by atoms with Crippen LogP contribution in [-0.4, -0.2) is 20.2 Å². The summed E-state index contributed by atoms with van der Waals surface area (Å²) in [7, 11) is 0. The lowest BCUT2D eigenvalue weighted by atomic mass is 10.1. The van der Waals surface area contributed by atoms with E-state index in [1.165, 1.54) is 11.3 Å². The fourth-order valence-corrected chi connectivity index (χ4v) is 2.57. The van der Waals surface area contributed by atoms with E-state index in [9.17, 15) is 13.2 Å². The third-order valence-corrected chi connectivity index (χ3v) is 3.72. The molecule has 4 nitrogen and oxygen atoms in total. The molecule has 1 N–H and O–H groups in total. The van der Waals surface area contributed by atoms with Gasteiger partial charge in [0.2, 0.25) is 0 Å². The van der Waals surface area contributed by atoms with Crippen molar-refractivity contribution in [2.75, 3.05) is 0 Å². The number of hydrogen-bond acceptors (Lipinski definition) is 4. The van der Waals surface area contributed by atoms with Gasteiger partial charge in [-0.2, -0.15) is 18.3 Å². The first-order valence-corrected chi connectivity index (χ1v) is 6.82. The van der Waals surface area contributed by atoms with Gasteiger partial charge in [0, 0.05) is 23.3 Å². The molecule has 0 aromatic carbocycles. The Balaban J connectivity index is 2.04. The van der Waals surface area contributed by atoms with Crippen molar-refractivity contribution >= 4 is 11.3 Å². The van der Waals surface area contributed by atoms with Crippen LogP contribution in [0.3, 0.4) is 0 Å². The molecule has 0 radical (unpaired) electrons. The Hall–Kier alpha value is -2.22. The van der Waals surface area contributed by atoms with Crippen LogP contribution in [0.1, 0.15) is 11.3 Å². The largest absolute Gasteiger partial charge is 0.432 e. The molecule has 21 heavy (non-hydrogen) atoms. The van der Waals surface area contributed by atoms with Crippen LogP contribution in [0.25, 0.3) is 22.0 Å². The lowest BCUT2D eigenvalue weighted by Crippen LogP contribution is -2.04. The SMILES string of the molecule is Cc1cnc(-c2cc(C(F)(F)F)[nH]n2)cc1-c1nccs1. The molecule has 0 atom stereocenters. The first-order chi connectivity index (χ1) is 9.95. The number of pyridine rings is 1. The fraction of sp³-hybridized carbons (Fsp3) is 0.154. The third kappa shape index (κ3) is 2.66. The highest BCUT2D eigenvalue weighted by Crippen LogP contribution is 2.32. The molecule has 0 bridgehead atoms. The second-order valence-electron chi connectivity index (χ2n) is 4.39. The smallest absolute Gasteiger partial charge is 0.273 e. The molecular weight excluding hydrogens is 301 g/mol. The van der Waals surface area contributed by atoms with Gasteiger partial charge in [-0.15, -0.1) is 11.3 Å². The summed E-state index contributed by atoms with van der Waals surface area (Å²) in [4.78, 5) is 8.35. The van der Waals surface area contributed by atoms with Crippen molar-refractivity contribution in [2.45, 2.75) is 13.1 Å². The van der Waals surface area contributed by atoms with Gasteiger partial charge in [0.25, 0.3) is 0 Å². The molecule has 0 spiro atoms. The van der Waals surface area contributed by atoms with Gasteiger partial charge in [-0.05, 0) is 24.6 Å². The summed E-state index contributed by atoms with van der Waals surface area (Å²) in [6, 6.07) is 2.65. The van der Waals surface area contributed by atoms with Crippen LogP contribution in [0.5, 0.6) is 0 Å². The van der Waals surface area contributed by atoms with Gasteiger partial charge >= 0.3 is 6.18 Å². The Morgan fingerprint density at radius 3 is 2.57 bits per heavy atom. The van der Waals surface area contributed by atoms with Crippen LogP contribution in [0.2, 0.25) is 0 Å². The normalized spacial score (nSPS) is 11.8. The Morgan fingerprint density at radius 1 is 1.14 bits per heavy atom. The lowest BCUT2D eigenvalue weighted by Gasteiger charge is -2.04. The number of thiazole rings is 1. The number of rotatable bonds is 2. The summed E-state index contributed by atoms with van der Waals surface area (Å²) in [5, 5.41) is 8.30. The predicted molar refractivity (Wildman–Crippen MR) is 72.7 cm³/mol. The second kappa shape index (κ2) is 4.96. The van der Waals surface area contributed by atoms with Gasteiger partial charge in [-0.3, -0.25) is 10.1 Å². The molecule has 3 aromatic heterocycles. The van der Waals surface area contributed by atoms with Crippen LogP contribution in [0.4, 0.5) is 13.2 Å². The van der Waals surface area contributed by atoms with Crippen molar-refractivity contribution in [3.05, 3.63) is 41.2 Å². The molecule has 0 fully saturated rings. The molecule has 0 unspecified atom stereocenters. The van der Waals surface area contributed by atoms with Crippen LogP contribution in [0.15, 0.2) is 29.9 Å². The van der Waals surface area contributed by atoms with E-state index < -0.39 is 11.9 Å². The summed E-state index contributed by atoms with van der Waals surface area (Å²) in [5.41, 5.74) is 1.38. The molecule has 8 heteroatoms. The molecule has 0 aliphatic heterocycles. The average Bonchev–Trinajstić information content (AvgIpc) is 3.10. The Kier molecular flexibility index (Phi) is 3.25. The van der Waals surface area contributed by atoms with Crippen LogP contribution >= 0.6 is 11.3 Å². The van der Waals surface area contributed by atoms with Gasteiger partial charge in [0.1, 0.15) is 16.4 Å². The molecule has 3 aromatic rings. The highest BCUT2D eigenvalue weighted by Gasteiger charge is 2.33. The topological polar surface area (TPSA) is 54.5 Å². The van der Waals surface area contributed by atoms with Crippen LogP contribution < -0.4 is 0 Å². The Morgan fingerprint density at radius 2 is 1.95 bits per heavy atom. The highest BCUT2D eigenvalue weighted by atomic mass is 32.1. The lowest BCUT2D eigenvalue weighted by molar-refractivity contribution is -0.141. The summed E-state index contributed by atoms with van der Waals surface area (Å²) >= 11 is 1.46. The maximum Gasteiger partial charge on any atom is 0.432 e. The number of aryl methyl sites for hydroxylation is 1. The standard InChI is InChI=1S/C13H9F3N4S/c1-7-6-18-9(4-8(7)12-17-2-3-21-12)10-5-11(20-19-10)13(14,15)16/h2-6H,1H3,(H,19,20). The molecule has 0 saturated carbocycles. The third-order valence-electron chi connectivity index (χ3n) is 2.91. The number of alkyl halides is 3. The summed E-state index contributed by atoms with van der Waals surface area (Å²) in [5.74, 6) is 0. The van der Waals surface area contributed by atoms with Gasteiger partial charge in [0.05, 0.1) is 5.69 Å². The van der Waals surface area contributed by atoms with E-state index in [-0.39, 0.29) is 5.69 Å². The maximum absolute atomic E-state index is 12.6. The number of aromatic amines is 1. The number of hydrogen-bond donors (Lipinski definition) is 1. The first-order valence-electron chi connectivity index (χ1n) is 5.94. The zero-order valence-electron chi connectivity index (χ0n) is 10.8. The highest BCUT2D eigenvalue weighted by molar-refractivity contribution is 7.13. The number of halogens is 3. The number of H-pyrrole nitrogens is 1. The minimum atomic E-state index is -4.45. The zero-order chi connectivity index (χ0) is 15.0. The summed E-state index contributed by atoms with van der Waals surface area (Å²) in [6.07, 6.45) is -1.17. The molecule has 0 aliphatic carbocycles. The van der Waals surface area contributed by atoms with Crippen molar-refractivity contribution in [1.29, 1.82) is 0 Å². The van der Waals surface area contributed by atoms with Crippen molar-refractivity contribution in [3.8, 4) is 22.0 Å². The van der Waals surface area contributed by atoms with E-state index >= 15 is 0 Å². The molecular formula is C13H9F3N4S. The van der Waals surface area contributed by atoms with Crippen molar-refractivity contribution < 1.29 is 13.2 Å². The van der Waals surface area contributed by atoms with Crippen LogP contribution in [0, 0.1) is 6.92 Å². The van der Waals surface area contributed by atoms with Crippen LogP contribution in [-0.2, 0) is 6.18 Å². The Bertz CT molecular complexity index is 762. The predicted octanol–water partition coefficient (Wildman–Crippen LogP) is 3.92. The molecule has 108 valence electrons. The van der Waals surface area contributed by atoms with Crippen molar-refractivity contribution in [3.63, 3.8) is 0 Å². The number of nitrogens with one attached hydrogen (secondary N) is 1. The second-order valence-corrected chi connectivity index (χ2v) is 5.28. The monoisotopic (exact) mass is 310 g/mol. The van der Waals surface area contributed by atoms with E-state index in [1.54, 1.807) is 18.5 Å². The maximum atomic E-state index is 12.6. The zero-order valence-corrected chi connectivity index (χ0v) is 11.6. The summed E-state index contributed by atoms with van der Waals surface area (Å²) < 4.78 is 37.8. The van der Waals surface area contributed by atoms with E-state index in [0.717, 1.165) is 22.2 Å². The van der Waals surface area contributed by atoms with Gasteiger partial charge in [-0.1, -0.05) is 0 Å². The Labute approximate surface area is 121 Å². The fourth-order valence-electron chi connectivity index (χ4n) is 1.85. The van der Waals surface area contributed by atoms with Crippen molar-refractivity contribution in [1.82, 2.24) is 20.2 Å². The van der Waals surface area contributed by atoms with Gasteiger partial charge in [-0.25, -0.2) is 4.98 Å². The van der Waals surface area contributed by atoms with Crippen molar-refractivity contribution in [2.24, 2.45) is 0 Å². The van der Waals surface area contributed by atoms with E-state index in [1.807, 2.05) is 17.4 Å². The number of aromatic nitrogens is 4. The minimum absolute atomic E-state index is 0.153. The quantitative estimate of drug-likeness (QED) is 0.780. The average molecular weight is 310 g/mol. The number of nitrogens with zero attached hydrogens (tertiary/aromatic N) is 3. The van der Waals surface area contributed by atoms with Gasteiger partial charge in [0.15, 0.2) is 0 Å². The van der Waals surface area contributed by atoms with E-state index in [4.69, 9.17) is 0 Å². The molecule has 0 saturated heterocycles.